The Hall–Kier alpha value is -2.32. The number of rotatable bonds is 5. The van der Waals surface area contributed by atoms with Crippen molar-refractivity contribution >= 4 is 39.3 Å². The quantitative estimate of drug-likeness (QED) is 0.543. The molecule has 0 saturated heterocycles. The van der Waals surface area contributed by atoms with E-state index in [4.69, 9.17) is 0 Å². The molecular weight excluding hydrogens is 440 g/mol. The highest BCUT2D eigenvalue weighted by molar-refractivity contribution is 9.10. The maximum atomic E-state index is 12.4. The van der Waals surface area contributed by atoms with Crippen molar-refractivity contribution in [1.82, 2.24) is 14.8 Å². The van der Waals surface area contributed by atoms with Crippen molar-refractivity contribution in [2.24, 2.45) is 7.05 Å². The number of phenols is 1. The molecule has 3 aromatic rings. The number of amides is 1. The Labute approximate surface area is 176 Å². The summed E-state index contributed by atoms with van der Waals surface area (Å²) in [5, 5.41) is 22.0. The second-order valence-corrected chi connectivity index (χ2v) is 8.50. The molecule has 0 aliphatic heterocycles. The first-order valence-electron chi connectivity index (χ1n) is 8.65. The summed E-state index contributed by atoms with van der Waals surface area (Å²) in [6.45, 7) is 6.01. The Morgan fingerprint density at radius 3 is 2.54 bits per heavy atom. The summed E-state index contributed by atoms with van der Waals surface area (Å²) in [6.07, 6.45) is 0. The Morgan fingerprint density at radius 2 is 1.86 bits per heavy atom. The Bertz CT molecular complexity index is 1030. The molecule has 3 rings (SSSR count). The predicted octanol–water partition coefficient (Wildman–Crippen LogP) is 4.61. The van der Waals surface area contributed by atoms with Gasteiger partial charge in [0.25, 0.3) is 0 Å². The van der Waals surface area contributed by atoms with Crippen LogP contribution in [0.5, 0.6) is 5.75 Å². The first-order valence-corrected chi connectivity index (χ1v) is 10.4. The number of halogens is 1. The number of carbonyl (C=O) groups is 1. The van der Waals surface area contributed by atoms with E-state index in [-0.39, 0.29) is 17.4 Å². The van der Waals surface area contributed by atoms with Crippen molar-refractivity contribution in [3.05, 3.63) is 51.5 Å². The number of aromatic hydroxyl groups is 1. The molecule has 0 unspecified atom stereocenters. The van der Waals surface area contributed by atoms with E-state index in [1.807, 2.05) is 27.8 Å². The molecule has 2 N–H and O–H groups in total. The van der Waals surface area contributed by atoms with E-state index in [1.54, 1.807) is 22.8 Å². The zero-order chi connectivity index (χ0) is 20.4. The monoisotopic (exact) mass is 460 g/mol. The third-order valence-electron chi connectivity index (χ3n) is 4.31. The molecule has 0 spiro atoms. The van der Waals surface area contributed by atoms with Crippen molar-refractivity contribution in [3.8, 4) is 17.1 Å². The molecule has 0 saturated carbocycles. The number of hydrogen-bond acceptors (Lipinski definition) is 5. The van der Waals surface area contributed by atoms with Crippen molar-refractivity contribution in [3.63, 3.8) is 0 Å². The molecule has 0 fully saturated rings. The smallest absolute Gasteiger partial charge is 0.234 e. The van der Waals surface area contributed by atoms with E-state index >= 15 is 0 Å². The molecule has 1 aromatic heterocycles. The van der Waals surface area contributed by atoms with Gasteiger partial charge in [0.2, 0.25) is 5.91 Å². The van der Waals surface area contributed by atoms with Gasteiger partial charge in [0, 0.05) is 17.2 Å². The highest BCUT2D eigenvalue weighted by Gasteiger charge is 2.16. The van der Waals surface area contributed by atoms with Crippen LogP contribution >= 0.6 is 27.7 Å². The second kappa shape index (κ2) is 8.36. The number of aromatic nitrogens is 3. The molecule has 146 valence electrons. The fourth-order valence-corrected chi connectivity index (χ4v) is 4.12. The van der Waals surface area contributed by atoms with Crippen molar-refractivity contribution in [2.75, 3.05) is 11.1 Å². The number of thioether (sulfide) groups is 1. The maximum absolute atomic E-state index is 12.4. The van der Waals surface area contributed by atoms with Crippen LogP contribution in [0, 0.1) is 20.8 Å². The van der Waals surface area contributed by atoms with Gasteiger partial charge in [-0.2, -0.15) is 0 Å². The van der Waals surface area contributed by atoms with Crippen molar-refractivity contribution in [2.45, 2.75) is 25.9 Å². The number of aryl methyl sites for hydroxylation is 3. The Balaban J connectivity index is 1.71. The van der Waals surface area contributed by atoms with Gasteiger partial charge in [-0.05, 0) is 50.1 Å². The molecule has 0 aliphatic carbocycles. The number of nitrogens with one attached hydrogen (secondary N) is 1. The fraction of sp³-hybridized carbons (Fsp3) is 0.250. The molecule has 8 heteroatoms. The molecule has 0 bridgehead atoms. The third kappa shape index (κ3) is 4.39. The number of nitrogens with zero attached hydrogens (tertiary/aromatic N) is 3. The second-order valence-electron chi connectivity index (χ2n) is 6.64. The number of benzene rings is 2. The minimum absolute atomic E-state index is 0.102. The van der Waals surface area contributed by atoms with E-state index in [1.165, 1.54) is 17.3 Å². The lowest BCUT2D eigenvalue weighted by Gasteiger charge is -2.12. The van der Waals surface area contributed by atoms with Gasteiger partial charge >= 0.3 is 0 Å². The van der Waals surface area contributed by atoms with Gasteiger partial charge in [-0.15, -0.1) is 10.2 Å². The zero-order valence-electron chi connectivity index (χ0n) is 16.1. The van der Waals surface area contributed by atoms with E-state index in [2.05, 4.69) is 43.6 Å². The maximum Gasteiger partial charge on any atom is 0.234 e. The summed E-state index contributed by atoms with van der Waals surface area (Å²) in [5.74, 6) is 0.767. The average Bonchev–Trinajstić information content (AvgIpc) is 2.99. The summed E-state index contributed by atoms with van der Waals surface area (Å²) in [7, 11) is 1.81. The lowest BCUT2D eigenvalue weighted by molar-refractivity contribution is -0.113. The van der Waals surface area contributed by atoms with Gasteiger partial charge in [0.15, 0.2) is 11.0 Å². The Kier molecular flexibility index (Phi) is 6.10. The summed E-state index contributed by atoms with van der Waals surface area (Å²) < 4.78 is 2.60. The Morgan fingerprint density at radius 1 is 1.18 bits per heavy atom. The van der Waals surface area contributed by atoms with Crippen LogP contribution in [0.4, 0.5) is 5.69 Å². The van der Waals surface area contributed by atoms with Crippen LogP contribution in [0.2, 0.25) is 0 Å². The zero-order valence-corrected chi connectivity index (χ0v) is 18.5. The van der Waals surface area contributed by atoms with Gasteiger partial charge in [0.05, 0.1) is 11.3 Å². The minimum atomic E-state index is -0.102. The lowest BCUT2D eigenvalue weighted by Crippen LogP contribution is -2.16. The molecular formula is C20H21BrN4O2S. The van der Waals surface area contributed by atoms with Gasteiger partial charge in [-0.3, -0.25) is 4.79 Å². The average molecular weight is 461 g/mol. The molecule has 0 aliphatic rings. The molecule has 6 nitrogen and oxygen atoms in total. The molecule has 0 radical (unpaired) electrons. The molecule has 1 amide bonds. The van der Waals surface area contributed by atoms with Crippen molar-refractivity contribution in [1.29, 1.82) is 0 Å². The summed E-state index contributed by atoms with van der Waals surface area (Å²) in [4.78, 5) is 12.4. The van der Waals surface area contributed by atoms with Crippen LogP contribution in [0.1, 0.15) is 16.7 Å². The van der Waals surface area contributed by atoms with Crippen LogP contribution < -0.4 is 5.32 Å². The summed E-state index contributed by atoms with van der Waals surface area (Å²) >= 11 is 4.69. The number of carbonyl (C=O) groups excluding carboxylic acids is 1. The van der Waals surface area contributed by atoms with Gasteiger partial charge in [-0.1, -0.05) is 45.4 Å². The van der Waals surface area contributed by atoms with Gasteiger partial charge in [-0.25, -0.2) is 0 Å². The summed E-state index contributed by atoms with van der Waals surface area (Å²) in [6, 6.07) is 9.23. The van der Waals surface area contributed by atoms with Crippen LogP contribution in [0.15, 0.2) is 40.0 Å². The number of phenolic OH excluding ortho intramolecular Hbond substituents is 1. The highest BCUT2D eigenvalue weighted by Crippen LogP contribution is 2.32. The van der Waals surface area contributed by atoms with Crippen LogP contribution in [-0.2, 0) is 11.8 Å². The van der Waals surface area contributed by atoms with E-state index in [0.717, 1.165) is 21.3 Å². The molecule has 28 heavy (non-hydrogen) atoms. The largest absolute Gasteiger partial charge is 0.507 e. The van der Waals surface area contributed by atoms with Gasteiger partial charge in [0.1, 0.15) is 5.75 Å². The topological polar surface area (TPSA) is 80.0 Å². The number of anilines is 1. The normalized spacial score (nSPS) is 10.9. The van der Waals surface area contributed by atoms with E-state index in [9.17, 15) is 9.90 Å². The highest BCUT2D eigenvalue weighted by atomic mass is 79.9. The first-order chi connectivity index (χ1) is 13.3. The first kappa shape index (κ1) is 20.4. The lowest BCUT2D eigenvalue weighted by atomic mass is 10.1. The van der Waals surface area contributed by atoms with E-state index in [0.29, 0.717) is 16.5 Å². The standard InChI is InChI=1S/C20H21BrN4O2S/c1-11-7-12(2)18(13(3)8-11)22-17(27)10-28-20-24-23-19(25(20)4)15-9-14(21)5-6-16(15)26/h5-9,26H,10H2,1-4H3,(H,22,27). The van der Waals surface area contributed by atoms with Crippen LogP contribution in [0.3, 0.4) is 0 Å². The predicted molar refractivity (Wildman–Crippen MR) is 116 cm³/mol. The molecule has 1 heterocycles. The SMILES string of the molecule is Cc1cc(C)c(NC(=O)CSc2nnc(-c3cc(Br)ccc3O)n2C)c(C)c1. The minimum Gasteiger partial charge on any atom is -0.507 e. The number of hydrogen-bond donors (Lipinski definition) is 2. The summed E-state index contributed by atoms with van der Waals surface area (Å²) in [5.41, 5.74) is 4.69. The van der Waals surface area contributed by atoms with Crippen LogP contribution in [-0.4, -0.2) is 31.5 Å². The van der Waals surface area contributed by atoms with Gasteiger partial charge < -0.3 is 15.0 Å². The molecule has 0 atom stereocenters. The third-order valence-corrected chi connectivity index (χ3v) is 5.82. The van der Waals surface area contributed by atoms with E-state index < -0.39 is 0 Å². The molecule has 2 aromatic carbocycles. The van der Waals surface area contributed by atoms with Crippen molar-refractivity contribution < 1.29 is 9.90 Å². The fourth-order valence-electron chi connectivity index (χ4n) is 3.05. The van der Waals surface area contributed by atoms with Crippen LogP contribution in [0.25, 0.3) is 11.4 Å².